The zero-order chi connectivity index (χ0) is 20.6. The molecule has 0 aliphatic heterocycles. The Balaban J connectivity index is 2.07. The molecular formula is C22H28N2O4. The van der Waals surface area contributed by atoms with E-state index in [4.69, 9.17) is 9.47 Å². The Kier molecular flexibility index (Phi) is 7.58. The third-order valence-corrected chi connectivity index (χ3v) is 3.82. The fourth-order valence-electron chi connectivity index (χ4n) is 2.47. The number of nitrogens with one attached hydrogen (secondary N) is 2. The quantitative estimate of drug-likeness (QED) is 0.753. The molecule has 6 nitrogen and oxygen atoms in total. The van der Waals surface area contributed by atoms with Crippen molar-refractivity contribution in [1.82, 2.24) is 5.32 Å². The number of hydrogen-bond acceptors (Lipinski definition) is 4. The molecule has 6 heteroatoms. The second kappa shape index (κ2) is 9.90. The van der Waals surface area contributed by atoms with E-state index in [1.54, 1.807) is 39.8 Å². The molecule has 0 aromatic heterocycles. The van der Waals surface area contributed by atoms with Crippen molar-refractivity contribution in [3.63, 3.8) is 0 Å². The van der Waals surface area contributed by atoms with Crippen molar-refractivity contribution in [3.8, 4) is 0 Å². The maximum atomic E-state index is 12.8. The summed E-state index contributed by atoms with van der Waals surface area (Å²) >= 11 is 0. The number of para-hydroxylation sites is 1. The van der Waals surface area contributed by atoms with Gasteiger partial charge in [-0.15, -0.1) is 0 Å². The number of carbonyl (C=O) groups is 2. The van der Waals surface area contributed by atoms with Gasteiger partial charge in [0.2, 0.25) is 5.91 Å². The first-order valence-corrected chi connectivity index (χ1v) is 9.25. The number of anilines is 1. The SMILES string of the molecule is C[C@H](OCc1ccccc1)[C@@H](NC(=O)OC(C)(C)C)C(=O)Nc1ccccc1. The zero-order valence-corrected chi connectivity index (χ0v) is 16.8. The van der Waals surface area contributed by atoms with E-state index >= 15 is 0 Å². The average Bonchev–Trinajstić information content (AvgIpc) is 2.64. The number of carbonyl (C=O) groups excluding carboxylic acids is 2. The van der Waals surface area contributed by atoms with Crippen molar-refractivity contribution in [2.24, 2.45) is 0 Å². The molecule has 0 saturated carbocycles. The van der Waals surface area contributed by atoms with Gasteiger partial charge < -0.3 is 20.1 Å². The lowest BCUT2D eigenvalue weighted by Gasteiger charge is -2.27. The van der Waals surface area contributed by atoms with Crippen LogP contribution in [-0.4, -0.2) is 29.7 Å². The molecule has 2 aromatic carbocycles. The van der Waals surface area contributed by atoms with Crippen molar-refractivity contribution in [2.75, 3.05) is 5.32 Å². The monoisotopic (exact) mass is 384 g/mol. The molecule has 0 spiro atoms. The molecule has 0 unspecified atom stereocenters. The standard InChI is InChI=1S/C22H28N2O4/c1-16(27-15-17-11-7-5-8-12-17)19(24-21(26)28-22(2,3)4)20(25)23-18-13-9-6-10-14-18/h5-14,16,19H,15H2,1-4H3,(H,23,25)(H,24,26)/t16-,19+/m0/s1. The highest BCUT2D eigenvalue weighted by atomic mass is 16.6. The van der Waals surface area contributed by atoms with Crippen molar-refractivity contribution >= 4 is 17.7 Å². The Morgan fingerprint density at radius 1 is 0.964 bits per heavy atom. The van der Waals surface area contributed by atoms with Gasteiger partial charge in [-0.3, -0.25) is 4.79 Å². The van der Waals surface area contributed by atoms with E-state index in [2.05, 4.69) is 10.6 Å². The normalized spacial score (nSPS) is 13.3. The molecule has 0 saturated heterocycles. The third kappa shape index (κ3) is 7.40. The molecule has 0 aliphatic carbocycles. The fraction of sp³-hybridized carbons (Fsp3) is 0.364. The van der Waals surface area contributed by atoms with E-state index in [0.717, 1.165) is 5.56 Å². The molecule has 0 fully saturated rings. The van der Waals surface area contributed by atoms with E-state index in [0.29, 0.717) is 12.3 Å². The van der Waals surface area contributed by atoms with E-state index < -0.39 is 23.8 Å². The van der Waals surface area contributed by atoms with Crippen LogP contribution in [0.2, 0.25) is 0 Å². The lowest BCUT2D eigenvalue weighted by Crippen LogP contribution is -2.52. The van der Waals surface area contributed by atoms with E-state index in [1.165, 1.54) is 0 Å². The molecular weight excluding hydrogens is 356 g/mol. The second-order valence-corrected chi connectivity index (χ2v) is 7.48. The minimum Gasteiger partial charge on any atom is -0.444 e. The molecule has 0 heterocycles. The molecule has 150 valence electrons. The number of ether oxygens (including phenoxy) is 2. The summed E-state index contributed by atoms with van der Waals surface area (Å²) in [5.41, 5.74) is 0.950. The summed E-state index contributed by atoms with van der Waals surface area (Å²) in [6, 6.07) is 17.8. The first kappa shape index (κ1) is 21.4. The van der Waals surface area contributed by atoms with Gasteiger partial charge in [-0.05, 0) is 45.4 Å². The molecule has 0 bridgehead atoms. The summed E-state index contributed by atoms with van der Waals surface area (Å²) in [4.78, 5) is 25.0. The molecule has 2 amide bonds. The highest BCUT2D eigenvalue weighted by Crippen LogP contribution is 2.12. The van der Waals surface area contributed by atoms with Crippen LogP contribution in [0, 0.1) is 0 Å². The van der Waals surface area contributed by atoms with Crippen molar-refractivity contribution in [3.05, 3.63) is 66.2 Å². The number of rotatable bonds is 7. The number of hydrogen-bond donors (Lipinski definition) is 2. The van der Waals surface area contributed by atoms with Crippen LogP contribution in [0.1, 0.15) is 33.3 Å². The van der Waals surface area contributed by atoms with Gasteiger partial charge in [0.1, 0.15) is 11.6 Å². The summed E-state index contributed by atoms with van der Waals surface area (Å²) in [5, 5.41) is 5.43. The van der Waals surface area contributed by atoms with E-state index in [1.807, 2.05) is 48.5 Å². The third-order valence-electron chi connectivity index (χ3n) is 3.82. The predicted octanol–water partition coefficient (Wildman–Crippen LogP) is 4.12. The van der Waals surface area contributed by atoms with Crippen molar-refractivity contribution in [1.29, 1.82) is 0 Å². The molecule has 28 heavy (non-hydrogen) atoms. The van der Waals surface area contributed by atoms with Crippen molar-refractivity contribution < 1.29 is 19.1 Å². The topological polar surface area (TPSA) is 76.7 Å². The van der Waals surface area contributed by atoms with Gasteiger partial charge in [-0.2, -0.15) is 0 Å². The van der Waals surface area contributed by atoms with Crippen LogP contribution < -0.4 is 10.6 Å². The van der Waals surface area contributed by atoms with Crippen LogP contribution in [0.15, 0.2) is 60.7 Å². The van der Waals surface area contributed by atoms with Crippen LogP contribution in [-0.2, 0) is 20.9 Å². The van der Waals surface area contributed by atoms with Crippen molar-refractivity contribution in [2.45, 2.75) is 52.0 Å². The van der Waals surface area contributed by atoms with Gasteiger partial charge in [-0.1, -0.05) is 48.5 Å². The molecule has 2 rings (SSSR count). The van der Waals surface area contributed by atoms with Gasteiger partial charge in [0, 0.05) is 5.69 Å². The molecule has 0 aliphatic rings. The Hall–Kier alpha value is -2.86. The van der Waals surface area contributed by atoms with E-state index in [9.17, 15) is 9.59 Å². The average molecular weight is 384 g/mol. The van der Waals surface area contributed by atoms with Gasteiger partial charge in [-0.25, -0.2) is 4.79 Å². The molecule has 2 atom stereocenters. The Morgan fingerprint density at radius 2 is 1.54 bits per heavy atom. The van der Waals surface area contributed by atoms with Crippen LogP contribution in [0.5, 0.6) is 0 Å². The van der Waals surface area contributed by atoms with Gasteiger partial charge in [0.25, 0.3) is 0 Å². The van der Waals surface area contributed by atoms with Crippen LogP contribution in [0.3, 0.4) is 0 Å². The largest absolute Gasteiger partial charge is 0.444 e. The summed E-state index contributed by atoms with van der Waals surface area (Å²) in [6.07, 6.45) is -1.24. The fourth-order valence-corrected chi connectivity index (χ4v) is 2.47. The molecule has 2 aromatic rings. The van der Waals surface area contributed by atoms with Gasteiger partial charge in [0.05, 0.1) is 12.7 Å². The summed E-state index contributed by atoms with van der Waals surface area (Å²) in [7, 11) is 0. The minimum atomic E-state index is -0.918. The van der Waals surface area contributed by atoms with E-state index in [-0.39, 0.29) is 5.91 Å². The van der Waals surface area contributed by atoms with Crippen LogP contribution in [0.4, 0.5) is 10.5 Å². The van der Waals surface area contributed by atoms with Gasteiger partial charge in [0.15, 0.2) is 0 Å². The number of amides is 2. The first-order chi connectivity index (χ1) is 13.2. The summed E-state index contributed by atoms with van der Waals surface area (Å²) < 4.78 is 11.1. The Labute approximate surface area is 166 Å². The summed E-state index contributed by atoms with van der Waals surface area (Å²) in [6.45, 7) is 7.37. The lowest BCUT2D eigenvalue weighted by molar-refractivity contribution is -0.122. The maximum Gasteiger partial charge on any atom is 0.408 e. The highest BCUT2D eigenvalue weighted by Gasteiger charge is 2.30. The zero-order valence-electron chi connectivity index (χ0n) is 16.8. The lowest BCUT2D eigenvalue weighted by atomic mass is 10.1. The second-order valence-electron chi connectivity index (χ2n) is 7.48. The number of benzene rings is 2. The predicted molar refractivity (Wildman–Crippen MR) is 109 cm³/mol. The van der Waals surface area contributed by atoms with Gasteiger partial charge >= 0.3 is 6.09 Å². The first-order valence-electron chi connectivity index (χ1n) is 9.25. The van der Waals surface area contributed by atoms with Crippen LogP contribution >= 0.6 is 0 Å². The Morgan fingerprint density at radius 3 is 2.11 bits per heavy atom. The number of alkyl carbamates (subject to hydrolysis) is 1. The maximum absolute atomic E-state index is 12.8. The summed E-state index contributed by atoms with van der Waals surface area (Å²) in [5.74, 6) is -0.377. The Bertz CT molecular complexity index is 757. The minimum absolute atomic E-state index is 0.327. The molecule has 2 N–H and O–H groups in total. The molecule has 0 radical (unpaired) electrons. The smallest absolute Gasteiger partial charge is 0.408 e. The van der Waals surface area contributed by atoms with Crippen LogP contribution in [0.25, 0.3) is 0 Å². The highest BCUT2D eigenvalue weighted by molar-refractivity contribution is 5.97.